The van der Waals surface area contributed by atoms with Gasteiger partial charge in [-0.3, -0.25) is 4.79 Å². The van der Waals surface area contributed by atoms with Crippen molar-refractivity contribution in [1.82, 2.24) is 4.90 Å². The molecule has 24 heavy (non-hydrogen) atoms. The van der Waals surface area contributed by atoms with Gasteiger partial charge in [-0.25, -0.2) is 0 Å². The Bertz CT molecular complexity index is 641. The van der Waals surface area contributed by atoms with Crippen LogP contribution in [0.3, 0.4) is 0 Å². The fraction of sp³-hybridized carbons (Fsp3) is 0.474. The molecule has 5 heteroatoms. The monoisotopic (exact) mass is 343 g/mol. The molecule has 1 fully saturated rings. The second kappa shape index (κ2) is 7.88. The first kappa shape index (κ1) is 17.1. The molecule has 0 spiro atoms. The lowest BCUT2D eigenvalue weighted by molar-refractivity contribution is -0.113. The smallest absolute Gasteiger partial charge is 0.286 e. The van der Waals surface area contributed by atoms with Crippen molar-refractivity contribution < 1.29 is 4.79 Å². The van der Waals surface area contributed by atoms with E-state index in [0.717, 1.165) is 41.8 Å². The number of amides is 1. The Hall–Kier alpha value is -1.75. The highest BCUT2D eigenvalue weighted by atomic mass is 32.2. The predicted octanol–water partition coefficient (Wildman–Crippen LogP) is 3.99. The molecule has 0 atom stereocenters. The van der Waals surface area contributed by atoms with E-state index in [-0.39, 0.29) is 5.91 Å². The van der Waals surface area contributed by atoms with Crippen LogP contribution in [0, 0.1) is 0 Å². The largest absolute Gasteiger partial charge is 0.372 e. The fourth-order valence-electron chi connectivity index (χ4n) is 3.14. The number of carbonyl (C=O) groups excluding carboxylic acids is 1. The first-order valence-corrected chi connectivity index (χ1v) is 9.65. The van der Waals surface area contributed by atoms with Crippen molar-refractivity contribution in [2.24, 2.45) is 4.99 Å². The number of amidine groups is 1. The molecular formula is C19H25N3OS. The van der Waals surface area contributed by atoms with Gasteiger partial charge in [0.25, 0.3) is 5.91 Å². The molecule has 0 bridgehead atoms. The van der Waals surface area contributed by atoms with Gasteiger partial charge in [0.2, 0.25) is 0 Å². The quantitative estimate of drug-likeness (QED) is 0.775. The van der Waals surface area contributed by atoms with Crippen LogP contribution < -0.4 is 4.90 Å². The molecule has 0 saturated carbocycles. The van der Waals surface area contributed by atoms with E-state index in [0.29, 0.717) is 0 Å². The van der Waals surface area contributed by atoms with Crippen LogP contribution in [0.2, 0.25) is 0 Å². The minimum absolute atomic E-state index is 0.103. The molecule has 0 aromatic heterocycles. The molecule has 4 nitrogen and oxygen atoms in total. The van der Waals surface area contributed by atoms with E-state index in [4.69, 9.17) is 0 Å². The molecule has 1 aromatic carbocycles. The zero-order chi connectivity index (χ0) is 16.9. The normalized spacial score (nSPS) is 19.8. The number of aliphatic imine (C=N–C) groups is 1. The third kappa shape index (κ3) is 3.83. The zero-order valence-electron chi connectivity index (χ0n) is 14.5. The van der Waals surface area contributed by atoms with Gasteiger partial charge in [-0.1, -0.05) is 12.1 Å². The van der Waals surface area contributed by atoms with Gasteiger partial charge in [0, 0.05) is 31.9 Å². The Morgan fingerprint density at radius 1 is 1.12 bits per heavy atom. The molecule has 128 valence electrons. The second-order valence-electron chi connectivity index (χ2n) is 6.12. The summed E-state index contributed by atoms with van der Waals surface area (Å²) in [6, 6.07) is 8.40. The van der Waals surface area contributed by atoms with E-state index in [9.17, 15) is 4.79 Å². The Labute approximate surface area is 148 Å². The Balaban J connectivity index is 1.69. The van der Waals surface area contributed by atoms with Gasteiger partial charge in [0.05, 0.1) is 4.91 Å². The lowest BCUT2D eigenvalue weighted by Gasteiger charge is -2.27. The Kier molecular flexibility index (Phi) is 5.61. The number of thioether (sulfide) groups is 1. The van der Waals surface area contributed by atoms with E-state index in [1.54, 1.807) is 0 Å². The first-order valence-electron chi connectivity index (χ1n) is 8.83. The lowest BCUT2D eigenvalue weighted by atomic mass is 10.1. The van der Waals surface area contributed by atoms with Crippen LogP contribution in [0.25, 0.3) is 6.08 Å². The van der Waals surface area contributed by atoms with E-state index >= 15 is 0 Å². The maximum absolute atomic E-state index is 12.2. The highest BCUT2D eigenvalue weighted by Gasteiger charge is 2.26. The topological polar surface area (TPSA) is 35.9 Å². The number of likely N-dealkylation sites (tertiary alicyclic amines) is 1. The number of anilines is 1. The molecule has 1 amide bonds. The maximum Gasteiger partial charge on any atom is 0.286 e. The van der Waals surface area contributed by atoms with Crippen LogP contribution in [0.5, 0.6) is 0 Å². The molecule has 3 rings (SSSR count). The number of rotatable bonds is 4. The van der Waals surface area contributed by atoms with Gasteiger partial charge < -0.3 is 9.80 Å². The highest BCUT2D eigenvalue weighted by molar-refractivity contribution is 8.18. The van der Waals surface area contributed by atoms with Gasteiger partial charge in [0.15, 0.2) is 5.17 Å². The van der Waals surface area contributed by atoms with Gasteiger partial charge in [-0.2, -0.15) is 4.99 Å². The molecule has 0 radical (unpaired) electrons. The molecule has 0 N–H and O–H groups in total. The highest BCUT2D eigenvalue weighted by Crippen LogP contribution is 2.31. The van der Waals surface area contributed by atoms with Crippen LogP contribution in [0.15, 0.2) is 34.2 Å². The number of hydrogen-bond acceptors (Lipinski definition) is 4. The van der Waals surface area contributed by atoms with Crippen molar-refractivity contribution in [3.63, 3.8) is 0 Å². The van der Waals surface area contributed by atoms with E-state index in [2.05, 4.69) is 52.9 Å². The summed E-state index contributed by atoms with van der Waals surface area (Å²) in [5.41, 5.74) is 2.27. The Morgan fingerprint density at radius 3 is 2.42 bits per heavy atom. The number of piperidine rings is 1. The van der Waals surface area contributed by atoms with Crippen molar-refractivity contribution in [2.45, 2.75) is 33.1 Å². The fourth-order valence-corrected chi connectivity index (χ4v) is 4.10. The lowest BCUT2D eigenvalue weighted by Crippen LogP contribution is -2.33. The molecule has 2 heterocycles. The second-order valence-corrected chi connectivity index (χ2v) is 7.13. The predicted molar refractivity (Wildman–Crippen MR) is 103 cm³/mol. The zero-order valence-corrected chi connectivity index (χ0v) is 15.3. The standard InChI is InChI=1S/C19H25N3OS/c1-3-21(4-2)16-10-8-15(9-11-16)14-17-18(23)20-19(24-17)22-12-6-5-7-13-22/h8-11,14H,3-7,12-13H2,1-2H3/b17-14-. The average molecular weight is 343 g/mol. The number of carbonyl (C=O) groups is 1. The van der Waals surface area contributed by atoms with Gasteiger partial charge >= 0.3 is 0 Å². The van der Waals surface area contributed by atoms with Crippen LogP contribution in [0.1, 0.15) is 38.7 Å². The summed E-state index contributed by atoms with van der Waals surface area (Å²) in [6.07, 6.45) is 5.63. The molecule has 2 aliphatic rings. The SMILES string of the molecule is CCN(CC)c1ccc(/C=C2\SC(N3CCCCC3)=NC2=O)cc1. The Morgan fingerprint density at radius 2 is 1.79 bits per heavy atom. The van der Waals surface area contributed by atoms with E-state index in [1.807, 2.05) is 6.08 Å². The van der Waals surface area contributed by atoms with Gasteiger partial charge in [0.1, 0.15) is 0 Å². The third-order valence-corrected chi connectivity index (χ3v) is 5.60. The van der Waals surface area contributed by atoms with Gasteiger partial charge in [-0.05, 0) is 68.6 Å². The van der Waals surface area contributed by atoms with Crippen LogP contribution >= 0.6 is 11.8 Å². The van der Waals surface area contributed by atoms with Crippen LogP contribution in [-0.2, 0) is 4.79 Å². The third-order valence-electron chi connectivity index (χ3n) is 4.56. The molecule has 0 unspecified atom stereocenters. The van der Waals surface area contributed by atoms with Crippen molar-refractivity contribution in [1.29, 1.82) is 0 Å². The van der Waals surface area contributed by atoms with Crippen molar-refractivity contribution >= 4 is 34.6 Å². The molecule has 0 aliphatic carbocycles. The summed E-state index contributed by atoms with van der Waals surface area (Å²) in [4.78, 5) is 21.7. The summed E-state index contributed by atoms with van der Waals surface area (Å²) in [6.45, 7) is 8.35. The summed E-state index contributed by atoms with van der Waals surface area (Å²) in [5.74, 6) is -0.103. The van der Waals surface area contributed by atoms with E-state index < -0.39 is 0 Å². The minimum Gasteiger partial charge on any atom is -0.372 e. The number of benzene rings is 1. The maximum atomic E-state index is 12.2. The minimum atomic E-state index is -0.103. The molecule has 1 aromatic rings. The van der Waals surface area contributed by atoms with Crippen LogP contribution in [0.4, 0.5) is 5.69 Å². The number of nitrogens with zero attached hydrogens (tertiary/aromatic N) is 3. The summed E-state index contributed by atoms with van der Waals surface area (Å²) in [7, 11) is 0. The average Bonchev–Trinajstić information content (AvgIpc) is 2.99. The van der Waals surface area contributed by atoms with Crippen molar-refractivity contribution in [3.05, 3.63) is 34.7 Å². The first-order chi connectivity index (χ1) is 11.7. The molecular weight excluding hydrogens is 318 g/mol. The number of hydrogen-bond donors (Lipinski definition) is 0. The van der Waals surface area contributed by atoms with Crippen LogP contribution in [-0.4, -0.2) is 42.2 Å². The summed E-state index contributed by atoms with van der Waals surface area (Å²) >= 11 is 1.52. The van der Waals surface area contributed by atoms with Crippen molar-refractivity contribution in [2.75, 3.05) is 31.1 Å². The van der Waals surface area contributed by atoms with E-state index in [1.165, 1.54) is 36.7 Å². The van der Waals surface area contributed by atoms with Crippen molar-refractivity contribution in [3.8, 4) is 0 Å². The molecule has 1 saturated heterocycles. The summed E-state index contributed by atoms with van der Waals surface area (Å²) in [5, 5.41) is 0.880. The summed E-state index contributed by atoms with van der Waals surface area (Å²) < 4.78 is 0. The van der Waals surface area contributed by atoms with Gasteiger partial charge in [-0.15, -0.1) is 0 Å². The molecule has 2 aliphatic heterocycles.